The van der Waals surface area contributed by atoms with Crippen molar-refractivity contribution in [3.05, 3.63) is 70.4 Å². The van der Waals surface area contributed by atoms with E-state index in [1.807, 2.05) is 25.3 Å². The van der Waals surface area contributed by atoms with E-state index in [0.29, 0.717) is 13.1 Å². The number of rotatable bonds is 9. The first-order valence-electron chi connectivity index (χ1n) is 9.86. The molecule has 0 bridgehead atoms. The number of hydrogen-bond donors (Lipinski definition) is 2. The summed E-state index contributed by atoms with van der Waals surface area (Å²) < 4.78 is 15.2. The highest BCUT2D eigenvalue weighted by Crippen LogP contribution is 2.24. The Balaban J connectivity index is 1.84. The normalized spacial score (nSPS) is 12.1. The van der Waals surface area contributed by atoms with E-state index < -0.39 is 0 Å². The highest BCUT2D eigenvalue weighted by atomic mass is 19.1. The predicted octanol–water partition coefficient (Wildman–Crippen LogP) is 3.30. The molecular formula is C22H31FN4O. The van der Waals surface area contributed by atoms with Gasteiger partial charge in [-0.15, -0.1) is 0 Å². The molecule has 0 aliphatic heterocycles. The number of pyridine rings is 1. The molecule has 1 aromatic carbocycles. The first-order chi connectivity index (χ1) is 13.4. The molecule has 1 aromatic heterocycles. The minimum atomic E-state index is -0.265. The van der Waals surface area contributed by atoms with Gasteiger partial charge < -0.3 is 15.2 Å². The first kappa shape index (κ1) is 21.7. The number of guanidine groups is 1. The molecule has 0 unspecified atom stereocenters. The van der Waals surface area contributed by atoms with Gasteiger partial charge >= 0.3 is 0 Å². The minimum absolute atomic E-state index is 0.0324. The van der Waals surface area contributed by atoms with Gasteiger partial charge in [-0.05, 0) is 43.5 Å². The van der Waals surface area contributed by atoms with Crippen LogP contribution in [0.5, 0.6) is 0 Å². The van der Waals surface area contributed by atoms with Gasteiger partial charge in [0.05, 0.1) is 6.54 Å². The Morgan fingerprint density at radius 1 is 1.14 bits per heavy atom. The van der Waals surface area contributed by atoms with Crippen molar-refractivity contribution in [1.82, 2.24) is 15.2 Å². The second-order valence-corrected chi connectivity index (χ2v) is 7.46. The molecule has 0 fully saturated rings. The van der Waals surface area contributed by atoms with Crippen LogP contribution in [0.4, 0.5) is 4.39 Å². The molecule has 2 N–H and O–H groups in total. The number of aromatic nitrogens is 1. The number of unbranched alkanes of at least 4 members (excludes halogenated alkanes) is 1. The molecule has 1 heterocycles. The molecule has 0 atom stereocenters. The fourth-order valence-electron chi connectivity index (χ4n) is 2.88. The molecule has 28 heavy (non-hydrogen) atoms. The third-order valence-corrected chi connectivity index (χ3v) is 4.60. The standard InChI is InChI=1S/C22H31FN4O/c1-4-24-21(25-13-6-8-15-27-14-7-5-12-20(27)28)26-17-22(2,3)18-10-9-11-19(23)16-18/h5,7,9-12,14,16H,4,6,8,13,15,17H2,1-3H3,(H2,24,25,26). The maximum absolute atomic E-state index is 13.5. The quantitative estimate of drug-likeness (QED) is 0.395. The van der Waals surface area contributed by atoms with Gasteiger partial charge in [0.1, 0.15) is 5.82 Å². The van der Waals surface area contributed by atoms with Gasteiger partial charge in [-0.1, -0.05) is 32.0 Å². The lowest BCUT2D eigenvalue weighted by Gasteiger charge is -2.24. The van der Waals surface area contributed by atoms with Crippen molar-refractivity contribution in [1.29, 1.82) is 0 Å². The summed E-state index contributed by atoms with van der Waals surface area (Å²) in [5.41, 5.74) is 0.698. The Bertz CT molecular complexity index is 829. The van der Waals surface area contributed by atoms with Crippen LogP contribution in [0, 0.1) is 5.82 Å². The van der Waals surface area contributed by atoms with Crippen molar-refractivity contribution < 1.29 is 4.39 Å². The van der Waals surface area contributed by atoms with Crippen LogP contribution in [0.2, 0.25) is 0 Å². The number of nitrogens with zero attached hydrogens (tertiary/aromatic N) is 2. The van der Waals surface area contributed by atoms with Gasteiger partial charge in [0.15, 0.2) is 5.96 Å². The molecule has 152 valence electrons. The zero-order valence-electron chi connectivity index (χ0n) is 17.0. The van der Waals surface area contributed by atoms with Gasteiger partial charge in [0.2, 0.25) is 5.56 Å². The molecule has 6 heteroatoms. The largest absolute Gasteiger partial charge is 0.357 e. The van der Waals surface area contributed by atoms with E-state index in [2.05, 4.69) is 29.5 Å². The van der Waals surface area contributed by atoms with Crippen molar-refractivity contribution in [2.24, 2.45) is 4.99 Å². The topological polar surface area (TPSA) is 58.4 Å². The summed E-state index contributed by atoms with van der Waals surface area (Å²) in [6, 6.07) is 11.9. The molecule has 0 radical (unpaired) electrons. The highest BCUT2D eigenvalue weighted by molar-refractivity contribution is 5.79. The Morgan fingerprint density at radius 2 is 1.96 bits per heavy atom. The van der Waals surface area contributed by atoms with Crippen molar-refractivity contribution >= 4 is 5.96 Å². The fraction of sp³-hybridized carbons (Fsp3) is 0.455. The predicted molar refractivity (Wildman–Crippen MR) is 113 cm³/mol. The summed E-state index contributed by atoms with van der Waals surface area (Å²) in [6.45, 7) is 8.95. The van der Waals surface area contributed by atoms with Crippen LogP contribution in [0.3, 0.4) is 0 Å². The van der Waals surface area contributed by atoms with E-state index in [9.17, 15) is 9.18 Å². The van der Waals surface area contributed by atoms with Gasteiger partial charge in [0, 0.05) is 37.3 Å². The fourth-order valence-corrected chi connectivity index (χ4v) is 2.88. The second kappa shape index (κ2) is 10.6. The van der Waals surface area contributed by atoms with E-state index in [1.54, 1.807) is 28.8 Å². The minimum Gasteiger partial charge on any atom is -0.357 e. The van der Waals surface area contributed by atoms with Crippen LogP contribution < -0.4 is 16.2 Å². The lowest BCUT2D eigenvalue weighted by Crippen LogP contribution is -2.39. The van der Waals surface area contributed by atoms with Gasteiger partial charge in [-0.2, -0.15) is 0 Å². The van der Waals surface area contributed by atoms with Crippen LogP contribution in [0.25, 0.3) is 0 Å². The maximum Gasteiger partial charge on any atom is 0.250 e. The number of nitrogens with one attached hydrogen (secondary N) is 2. The van der Waals surface area contributed by atoms with E-state index in [4.69, 9.17) is 0 Å². The molecule has 5 nitrogen and oxygen atoms in total. The SMILES string of the molecule is CCNC(=NCC(C)(C)c1cccc(F)c1)NCCCCn1ccccc1=O. The monoisotopic (exact) mass is 386 g/mol. The number of hydrogen-bond acceptors (Lipinski definition) is 2. The Labute approximate surface area is 166 Å². The average molecular weight is 387 g/mol. The Morgan fingerprint density at radius 3 is 2.68 bits per heavy atom. The van der Waals surface area contributed by atoms with Crippen molar-refractivity contribution in [3.8, 4) is 0 Å². The van der Waals surface area contributed by atoms with E-state index in [-0.39, 0.29) is 16.8 Å². The number of aliphatic imine (C=N–C) groups is 1. The summed E-state index contributed by atoms with van der Waals surface area (Å²) in [5.74, 6) is 0.529. The van der Waals surface area contributed by atoms with Crippen LogP contribution in [-0.4, -0.2) is 30.2 Å². The van der Waals surface area contributed by atoms with Crippen molar-refractivity contribution in [2.75, 3.05) is 19.6 Å². The van der Waals surface area contributed by atoms with E-state index in [0.717, 1.165) is 37.5 Å². The molecule has 0 aliphatic carbocycles. The van der Waals surface area contributed by atoms with Gasteiger partial charge in [-0.25, -0.2) is 4.39 Å². The molecular weight excluding hydrogens is 355 g/mol. The molecule has 0 saturated heterocycles. The Kier molecular flexibility index (Phi) is 8.23. The third-order valence-electron chi connectivity index (χ3n) is 4.60. The number of benzene rings is 1. The average Bonchev–Trinajstić information content (AvgIpc) is 2.67. The molecule has 2 aromatic rings. The summed E-state index contributed by atoms with van der Waals surface area (Å²) in [4.78, 5) is 16.4. The number of halogens is 1. The van der Waals surface area contributed by atoms with Gasteiger partial charge in [0.25, 0.3) is 0 Å². The van der Waals surface area contributed by atoms with E-state index >= 15 is 0 Å². The first-order valence-corrected chi connectivity index (χ1v) is 9.86. The lowest BCUT2D eigenvalue weighted by molar-refractivity contribution is 0.528. The van der Waals surface area contributed by atoms with Crippen LogP contribution >= 0.6 is 0 Å². The summed E-state index contributed by atoms with van der Waals surface area (Å²) in [6.07, 6.45) is 3.65. The third kappa shape index (κ3) is 6.83. The zero-order chi connectivity index (χ0) is 20.4. The molecule has 0 aliphatic rings. The second-order valence-electron chi connectivity index (χ2n) is 7.46. The summed E-state index contributed by atoms with van der Waals surface area (Å²) in [5, 5.41) is 6.58. The Hall–Kier alpha value is -2.63. The van der Waals surface area contributed by atoms with E-state index in [1.165, 1.54) is 6.07 Å². The smallest absolute Gasteiger partial charge is 0.250 e. The number of aryl methyl sites for hydroxylation is 1. The van der Waals surface area contributed by atoms with Crippen LogP contribution in [-0.2, 0) is 12.0 Å². The molecule has 0 spiro atoms. The summed E-state index contributed by atoms with van der Waals surface area (Å²) >= 11 is 0. The summed E-state index contributed by atoms with van der Waals surface area (Å²) in [7, 11) is 0. The van der Waals surface area contributed by atoms with Gasteiger partial charge in [-0.3, -0.25) is 9.79 Å². The van der Waals surface area contributed by atoms with Crippen molar-refractivity contribution in [3.63, 3.8) is 0 Å². The highest BCUT2D eigenvalue weighted by Gasteiger charge is 2.21. The maximum atomic E-state index is 13.5. The molecule has 0 amide bonds. The molecule has 2 rings (SSSR count). The lowest BCUT2D eigenvalue weighted by atomic mass is 9.85. The van der Waals surface area contributed by atoms with Crippen LogP contribution in [0.15, 0.2) is 58.4 Å². The van der Waals surface area contributed by atoms with Crippen LogP contribution in [0.1, 0.15) is 39.2 Å². The van der Waals surface area contributed by atoms with Crippen molar-refractivity contribution in [2.45, 2.75) is 45.6 Å². The zero-order valence-corrected chi connectivity index (χ0v) is 17.0. The molecule has 0 saturated carbocycles.